The first kappa shape index (κ1) is 20.6. The van der Waals surface area contributed by atoms with Crippen LogP contribution in [0.3, 0.4) is 0 Å². The van der Waals surface area contributed by atoms with Gasteiger partial charge in [0.1, 0.15) is 0 Å². The number of nitrogens with two attached hydrogens (primary N) is 1. The number of hydrogen-bond donors (Lipinski definition) is 3. The molecule has 0 aromatic carbocycles. The van der Waals surface area contributed by atoms with Crippen LogP contribution in [0, 0.1) is 6.92 Å². The van der Waals surface area contributed by atoms with Gasteiger partial charge < -0.3 is 21.3 Å². The Balaban J connectivity index is 1.51. The number of carbonyl (C=O) groups is 2. The van der Waals surface area contributed by atoms with E-state index >= 15 is 0 Å². The Hall–Kier alpha value is -2.69. The number of pyridine rings is 1. The highest BCUT2D eigenvalue weighted by atomic mass is 19.3. The van der Waals surface area contributed by atoms with Gasteiger partial charge in [0, 0.05) is 48.3 Å². The molecule has 0 bridgehead atoms. The number of likely N-dealkylation sites (tertiary alicyclic amines) is 1. The lowest BCUT2D eigenvalue weighted by atomic mass is 9.84. The zero-order valence-corrected chi connectivity index (χ0v) is 16.2. The van der Waals surface area contributed by atoms with Crippen molar-refractivity contribution in [3.05, 3.63) is 34.7 Å². The largest absolute Gasteiger partial charge is 0.366 e. The fourth-order valence-corrected chi connectivity index (χ4v) is 4.31. The van der Waals surface area contributed by atoms with Gasteiger partial charge in [-0.3, -0.25) is 9.78 Å². The van der Waals surface area contributed by atoms with E-state index in [1.165, 1.54) is 4.90 Å². The van der Waals surface area contributed by atoms with Gasteiger partial charge in [-0.2, -0.15) is 17.6 Å². The first-order valence-electron chi connectivity index (χ1n) is 9.50. The normalized spacial score (nSPS) is 26.8. The number of fused-ring (bicyclic) bond motifs is 1. The minimum atomic E-state index is -4.15. The van der Waals surface area contributed by atoms with Crippen molar-refractivity contribution >= 4 is 17.6 Å². The summed E-state index contributed by atoms with van der Waals surface area (Å²) in [7, 11) is 0. The van der Waals surface area contributed by atoms with Crippen molar-refractivity contribution in [1.82, 2.24) is 20.5 Å². The molecule has 3 heterocycles. The van der Waals surface area contributed by atoms with Crippen molar-refractivity contribution < 1.29 is 27.2 Å². The molecule has 1 atom stereocenters. The topological polar surface area (TPSA) is 100 Å². The number of carbonyl (C=O) groups excluding carboxylic acids is 2. The van der Waals surface area contributed by atoms with Crippen molar-refractivity contribution in [2.45, 2.75) is 43.6 Å². The summed E-state index contributed by atoms with van der Waals surface area (Å²) in [5.41, 5.74) is 6.52. The second-order valence-electron chi connectivity index (χ2n) is 8.16. The van der Waals surface area contributed by atoms with Crippen LogP contribution < -0.4 is 16.4 Å². The monoisotopic (exact) mass is 427 g/mol. The predicted octanol–water partition coefficient (Wildman–Crippen LogP) is 1.56. The van der Waals surface area contributed by atoms with E-state index in [1.807, 2.05) is 0 Å². The molecule has 30 heavy (non-hydrogen) atoms. The van der Waals surface area contributed by atoms with Crippen LogP contribution >= 0.6 is 0 Å². The van der Waals surface area contributed by atoms with Crippen LogP contribution in [0.5, 0.6) is 0 Å². The molecule has 2 fully saturated rings. The summed E-state index contributed by atoms with van der Waals surface area (Å²) in [6.45, 7) is 0.604. The lowest BCUT2D eigenvalue weighted by Crippen LogP contribution is -2.65. The van der Waals surface area contributed by atoms with Crippen LogP contribution in [0.2, 0.25) is 0 Å². The number of aryl methyl sites for hydroxylation is 1. The molecule has 1 unspecified atom stereocenters. The summed E-state index contributed by atoms with van der Waals surface area (Å²) in [4.78, 5) is 30.3. The average Bonchev–Trinajstić information content (AvgIpc) is 3.21. The molecule has 0 saturated carbocycles. The summed E-state index contributed by atoms with van der Waals surface area (Å²) in [6, 6.07) is 2.84. The number of halogens is 4. The summed E-state index contributed by atoms with van der Waals surface area (Å²) >= 11 is 0. The zero-order chi connectivity index (χ0) is 21.9. The minimum absolute atomic E-state index is 0.110. The second kappa shape index (κ2) is 6.66. The van der Waals surface area contributed by atoms with Gasteiger partial charge in [0.2, 0.25) is 5.91 Å². The van der Waals surface area contributed by atoms with E-state index in [4.69, 9.17) is 5.73 Å². The van der Waals surface area contributed by atoms with Gasteiger partial charge in [0.25, 0.3) is 0 Å². The van der Waals surface area contributed by atoms with Crippen LogP contribution in [-0.4, -0.2) is 58.8 Å². The third-order valence-corrected chi connectivity index (χ3v) is 5.98. The lowest BCUT2D eigenvalue weighted by molar-refractivity contribution is -0.236. The Bertz CT molecular complexity index is 964. The molecule has 4 N–H and O–H groups in total. The molecule has 7 nitrogen and oxygen atoms in total. The maximum absolute atomic E-state index is 13.9. The van der Waals surface area contributed by atoms with Gasteiger partial charge in [0.05, 0.1) is 17.9 Å². The summed E-state index contributed by atoms with van der Waals surface area (Å²) < 4.78 is 54.7. The van der Waals surface area contributed by atoms with Crippen molar-refractivity contribution in [1.29, 1.82) is 0 Å². The predicted molar refractivity (Wildman–Crippen MR) is 98.8 cm³/mol. The van der Waals surface area contributed by atoms with E-state index < -0.39 is 42.3 Å². The number of nitrogens with zero attached hydrogens (tertiary/aromatic N) is 2. The highest BCUT2D eigenvalue weighted by Crippen LogP contribution is 2.46. The fourth-order valence-electron chi connectivity index (χ4n) is 4.31. The number of aromatic nitrogens is 1. The Kier molecular flexibility index (Phi) is 4.57. The maximum Gasteiger partial charge on any atom is 0.322 e. The molecular weight excluding hydrogens is 406 g/mol. The number of primary amides is 1. The molecular formula is C19H21F4N5O2. The molecule has 2 saturated heterocycles. The number of amides is 3. The van der Waals surface area contributed by atoms with Crippen LogP contribution in [0.4, 0.5) is 22.4 Å². The first-order chi connectivity index (χ1) is 13.9. The van der Waals surface area contributed by atoms with Crippen LogP contribution in [0.25, 0.3) is 5.70 Å². The van der Waals surface area contributed by atoms with Crippen LogP contribution in [0.15, 0.2) is 17.7 Å². The minimum Gasteiger partial charge on any atom is -0.366 e. The van der Waals surface area contributed by atoms with Gasteiger partial charge in [-0.25, -0.2) is 4.79 Å². The maximum atomic E-state index is 13.9. The number of alkyl halides is 4. The quantitative estimate of drug-likeness (QED) is 0.624. The molecule has 1 aromatic heterocycles. The summed E-state index contributed by atoms with van der Waals surface area (Å²) in [6.07, 6.45) is -0.766. The van der Waals surface area contributed by atoms with Gasteiger partial charge >= 0.3 is 17.9 Å². The highest BCUT2D eigenvalue weighted by molar-refractivity contribution is 6.05. The summed E-state index contributed by atoms with van der Waals surface area (Å²) in [5.74, 6) is -8.98. The number of piperidine rings is 1. The highest BCUT2D eigenvalue weighted by Gasteiger charge is 2.64. The van der Waals surface area contributed by atoms with Gasteiger partial charge in [-0.05, 0) is 25.5 Å². The van der Waals surface area contributed by atoms with E-state index in [1.54, 1.807) is 19.1 Å². The molecule has 1 spiro atoms. The Morgan fingerprint density at radius 1 is 1.23 bits per heavy atom. The van der Waals surface area contributed by atoms with E-state index in [0.29, 0.717) is 11.3 Å². The summed E-state index contributed by atoms with van der Waals surface area (Å²) in [5, 5.41) is 5.17. The molecule has 4 rings (SSSR count). The zero-order valence-electron chi connectivity index (χ0n) is 16.2. The fraction of sp³-hybridized carbons (Fsp3) is 0.526. The molecule has 0 radical (unpaired) electrons. The van der Waals surface area contributed by atoms with Crippen molar-refractivity contribution in [3.63, 3.8) is 0 Å². The van der Waals surface area contributed by atoms with E-state index in [2.05, 4.69) is 15.6 Å². The average molecular weight is 427 g/mol. The standard InChI is InChI=1S/C19H21F4N5O2/c1-10-2-3-11-13(26-10)6-12(15(24)29)14(11)27-16(30)28-5-4-17(9-28)7-18(20,21)19(22,23)8-25-17/h2-3,25H,4-9H2,1H3,(H2,24,29)(H,27,30). The van der Waals surface area contributed by atoms with Crippen molar-refractivity contribution in [2.75, 3.05) is 19.6 Å². The second-order valence-corrected chi connectivity index (χ2v) is 8.16. The molecule has 162 valence electrons. The SMILES string of the molecule is Cc1ccc2c(n1)CC(C(N)=O)=C2NC(=O)N1CCC2(C1)CC(F)(F)C(F)(F)CN2. The van der Waals surface area contributed by atoms with Crippen molar-refractivity contribution in [3.8, 4) is 0 Å². The van der Waals surface area contributed by atoms with Crippen LogP contribution in [0.1, 0.15) is 29.8 Å². The third-order valence-electron chi connectivity index (χ3n) is 5.98. The Morgan fingerprint density at radius 3 is 2.63 bits per heavy atom. The molecule has 1 aromatic rings. The molecule has 2 aliphatic heterocycles. The van der Waals surface area contributed by atoms with E-state index in [-0.39, 0.29) is 37.2 Å². The number of hydrogen-bond acceptors (Lipinski definition) is 4. The number of urea groups is 1. The Morgan fingerprint density at radius 2 is 1.97 bits per heavy atom. The first-order valence-corrected chi connectivity index (χ1v) is 9.50. The van der Waals surface area contributed by atoms with E-state index in [0.717, 1.165) is 5.69 Å². The molecule has 3 amide bonds. The van der Waals surface area contributed by atoms with Crippen LogP contribution in [-0.2, 0) is 11.2 Å². The molecule has 11 heteroatoms. The van der Waals surface area contributed by atoms with Crippen molar-refractivity contribution in [2.24, 2.45) is 5.73 Å². The van der Waals surface area contributed by atoms with Gasteiger partial charge in [-0.15, -0.1) is 0 Å². The Labute approximate surface area is 169 Å². The van der Waals surface area contributed by atoms with Gasteiger partial charge in [-0.1, -0.05) is 0 Å². The van der Waals surface area contributed by atoms with E-state index in [9.17, 15) is 27.2 Å². The lowest BCUT2D eigenvalue weighted by Gasteiger charge is -2.42. The number of rotatable bonds is 2. The molecule has 1 aliphatic carbocycles. The third kappa shape index (κ3) is 3.30. The smallest absolute Gasteiger partial charge is 0.322 e. The molecule has 3 aliphatic rings. The number of nitrogens with one attached hydrogen (secondary N) is 2. The van der Waals surface area contributed by atoms with Gasteiger partial charge in [0.15, 0.2) is 0 Å².